The molecule has 2 saturated heterocycles. The number of ether oxygens (including phenoxy) is 1. The van der Waals surface area contributed by atoms with Crippen molar-refractivity contribution >= 4 is 22.6 Å². The standard InChI is InChI=1S/C19H22N4O4/c1-12-9-22(18(26)19(2)10-27-11-19)5-6-23(12)17(25)13-3-4-15-14(7-13)8-20-21-16(15)24/h3-4,7-8,12H,5-6,9-11H2,1-2H3,(H,21,24)/t12-/m0/s1. The highest BCUT2D eigenvalue weighted by atomic mass is 16.5. The summed E-state index contributed by atoms with van der Waals surface area (Å²) in [7, 11) is 0. The number of fused-ring (bicyclic) bond motifs is 1. The molecule has 0 aliphatic carbocycles. The highest BCUT2D eigenvalue weighted by molar-refractivity contribution is 5.98. The van der Waals surface area contributed by atoms with E-state index in [2.05, 4.69) is 10.2 Å². The van der Waals surface area contributed by atoms with Gasteiger partial charge in [-0.15, -0.1) is 0 Å². The Morgan fingerprint density at radius 3 is 2.74 bits per heavy atom. The van der Waals surface area contributed by atoms with Gasteiger partial charge in [0.1, 0.15) is 0 Å². The summed E-state index contributed by atoms with van der Waals surface area (Å²) in [5.74, 6) is -0.00123. The molecule has 0 saturated carbocycles. The van der Waals surface area contributed by atoms with Crippen molar-refractivity contribution in [3.8, 4) is 0 Å². The molecule has 0 unspecified atom stereocenters. The number of piperazine rings is 1. The average molecular weight is 370 g/mol. The van der Waals surface area contributed by atoms with Crippen molar-refractivity contribution in [1.82, 2.24) is 20.0 Å². The number of H-pyrrole nitrogens is 1. The van der Waals surface area contributed by atoms with E-state index in [0.717, 1.165) is 0 Å². The van der Waals surface area contributed by atoms with Gasteiger partial charge in [-0.2, -0.15) is 5.10 Å². The molecule has 1 atom stereocenters. The first-order chi connectivity index (χ1) is 12.9. The number of carbonyl (C=O) groups excluding carboxylic acids is 2. The summed E-state index contributed by atoms with van der Waals surface area (Å²) in [5.41, 5.74) is -0.189. The van der Waals surface area contributed by atoms with E-state index in [1.165, 1.54) is 6.20 Å². The molecule has 8 nitrogen and oxygen atoms in total. The molecule has 1 aromatic heterocycles. The lowest BCUT2D eigenvalue weighted by atomic mass is 9.86. The number of carbonyl (C=O) groups is 2. The molecule has 8 heteroatoms. The summed E-state index contributed by atoms with van der Waals surface area (Å²) >= 11 is 0. The fourth-order valence-corrected chi connectivity index (χ4v) is 3.75. The number of aromatic nitrogens is 2. The van der Waals surface area contributed by atoms with Crippen molar-refractivity contribution in [3.63, 3.8) is 0 Å². The number of hydrogen-bond donors (Lipinski definition) is 1. The van der Waals surface area contributed by atoms with Gasteiger partial charge in [-0.3, -0.25) is 14.4 Å². The summed E-state index contributed by atoms with van der Waals surface area (Å²) < 4.78 is 5.20. The van der Waals surface area contributed by atoms with Gasteiger partial charge in [0.15, 0.2) is 0 Å². The number of aromatic amines is 1. The van der Waals surface area contributed by atoms with E-state index in [1.54, 1.807) is 23.1 Å². The van der Waals surface area contributed by atoms with Gasteiger partial charge in [0.2, 0.25) is 5.91 Å². The van der Waals surface area contributed by atoms with Crippen molar-refractivity contribution in [2.24, 2.45) is 5.41 Å². The third-order valence-electron chi connectivity index (χ3n) is 5.45. The summed E-state index contributed by atoms with van der Waals surface area (Å²) in [4.78, 5) is 41.0. The second-order valence-corrected chi connectivity index (χ2v) is 7.65. The molecule has 27 heavy (non-hydrogen) atoms. The lowest BCUT2D eigenvalue weighted by Gasteiger charge is -2.45. The predicted octanol–water partition coefficient (Wildman–Crippen LogP) is 0.632. The summed E-state index contributed by atoms with van der Waals surface area (Å²) in [6, 6.07) is 4.91. The van der Waals surface area contributed by atoms with Gasteiger partial charge in [-0.25, -0.2) is 5.10 Å². The highest BCUT2D eigenvalue weighted by Crippen LogP contribution is 2.30. The molecule has 142 valence electrons. The Bertz CT molecular complexity index is 966. The Hall–Kier alpha value is -2.74. The molecule has 1 N–H and O–H groups in total. The molecule has 2 fully saturated rings. The maximum Gasteiger partial charge on any atom is 0.272 e. The van der Waals surface area contributed by atoms with Crippen molar-refractivity contribution in [2.45, 2.75) is 19.9 Å². The van der Waals surface area contributed by atoms with Crippen LogP contribution in [0.4, 0.5) is 0 Å². The van der Waals surface area contributed by atoms with Crippen LogP contribution in [0.15, 0.2) is 29.2 Å². The Morgan fingerprint density at radius 2 is 2.07 bits per heavy atom. The zero-order chi connectivity index (χ0) is 19.2. The molecule has 2 aliphatic rings. The van der Waals surface area contributed by atoms with E-state index >= 15 is 0 Å². The SMILES string of the molecule is C[C@H]1CN(C(=O)C2(C)COC2)CCN1C(=O)c1ccc2c(=O)[nH]ncc2c1. The fourth-order valence-electron chi connectivity index (χ4n) is 3.75. The van der Waals surface area contributed by atoms with Crippen LogP contribution in [0.5, 0.6) is 0 Å². The van der Waals surface area contributed by atoms with Crippen LogP contribution in [0.2, 0.25) is 0 Å². The molecule has 3 heterocycles. The number of nitrogens with one attached hydrogen (secondary N) is 1. The van der Waals surface area contributed by atoms with E-state index in [1.807, 2.05) is 18.7 Å². The Morgan fingerprint density at radius 1 is 1.30 bits per heavy atom. The maximum atomic E-state index is 13.0. The van der Waals surface area contributed by atoms with Gasteiger partial charge in [0.05, 0.1) is 30.2 Å². The van der Waals surface area contributed by atoms with E-state index in [-0.39, 0.29) is 23.4 Å². The largest absolute Gasteiger partial charge is 0.379 e. The number of nitrogens with zero attached hydrogens (tertiary/aromatic N) is 3. The van der Waals surface area contributed by atoms with Crippen LogP contribution >= 0.6 is 0 Å². The van der Waals surface area contributed by atoms with Gasteiger partial charge in [-0.05, 0) is 32.0 Å². The van der Waals surface area contributed by atoms with Crippen LogP contribution in [-0.2, 0) is 9.53 Å². The van der Waals surface area contributed by atoms with E-state index in [0.29, 0.717) is 49.2 Å². The lowest BCUT2D eigenvalue weighted by molar-refractivity contribution is -0.170. The molecular formula is C19H22N4O4. The quantitative estimate of drug-likeness (QED) is 0.837. The van der Waals surface area contributed by atoms with Crippen molar-refractivity contribution < 1.29 is 14.3 Å². The third-order valence-corrected chi connectivity index (χ3v) is 5.45. The number of hydrogen-bond acceptors (Lipinski definition) is 5. The van der Waals surface area contributed by atoms with Crippen LogP contribution in [0, 0.1) is 5.41 Å². The minimum Gasteiger partial charge on any atom is -0.379 e. The molecule has 1 aromatic carbocycles. The lowest BCUT2D eigenvalue weighted by Crippen LogP contribution is -2.61. The fraction of sp³-hybridized carbons (Fsp3) is 0.474. The summed E-state index contributed by atoms with van der Waals surface area (Å²) in [6.45, 7) is 6.30. The van der Waals surface area contributed by atoms with Gasteiger partial charge in [0.25, 0.3) is 11.5 Å². The number of rotatable bonds is 2. The molecule has 0 bridgehead atoms. The number of benzene rings is 1. The van der Waals surface area contributed by atoms with Gasteiger partial charge >= 0.3 is 0 Å². The topological polar surface area (TPSA) is 95.6 Å². The maximum absolute atomic E-state index is 13.0. The van der Waals surface area contributed by atoms with Crippen LogP contribution in [0.3, 0.4) is 0 Å². The number of amides is 2. The molecular weight excluding hydrogens is 348 g/mol. The molecule has 2 aliphatic heterocycles. The first kappa shape index (κ1) is 17.7. The van der Waals surface area contributed by atoms with E-state index in [4.69, 9.17) is 4.74 Å². The molecule has 0 spiro atoms. The van der Waals surface area contributed by atoms with Crippen molar-refractivity contribution in [1.29, 1.82) is 0 Å². The Balaban J connectivity index is 1.50. The van der Waals surface area contributed by atoms with Crippen molar-refractivity contribution in [3.05, 3.63) is 40.3 Å². The summed E-state index contributed by atoms with van der Waals surface area (Å²) in [6.07, 6.45) is 1.54. The Labute approximate surface area is 156 Å². The first-order valence-electron chi connectivity index (χ1n) is 9.05. The van der Waals surface area contributed by atoms with Gasteiger partial charge in [-0.1, -0.05) is 0 Å². The van der Waals surface area contributed by atoms with E-state index < -0.39 is 5.41 Å². The smallest absolute Gasteiger partial charge is 0.272 e. The predicted molar refractivity (Wildman–Crippen MR) is 98.4 cm³/mol. The molecule has 2 amide bonds. The van der Waals surface area contributed by atoms with Crippen LogP contribution in [0.25, 0.3) is 10.8 Å². The van der Waals surface area contributed by atoms with Crippen LogP contribution < -0.4 is 5.56 Å². The minimum absolute atomic E-state index is 0.0900. The second-order valence-electron chi connectivity index (χ2n) is 7.65. The monoisotopic (exact) mass is 370 g/mol. The second kappa shape index (κ2) is 6.45. The van der Waals surface area contributed by atoms with E-state index in [9.17, 15) is 14.4 Å². The van der Waals surface area contributed by atoms with Gasteiger partial charge < -0.3 is 14.5 Å². The molecule has 4 rings (SSSR count). The van der Waals surface area contributed by atoms with Crippen LogP contribution in [0.1, 0.15) is 24.2 Å². The molecule has 2 aromatic rings. The minimum atomic E-state index is -0.426. The third kappa shape index (κ3) is 2.99. The average Bonchev–Trinajstić information content (AvgIpc) is 2.65. The Kier molecular flexibility index (Phi) is 4.22. The summed E-state index contributed by atoms with van der Waals surface area (Å²) in [5, 5.41) is 7.30. The van der Waals surface area contributed by atoms with Crippen molar-refractivity contribution in [2.75, 3.05) is 32.8 Å². The zero-order valence-corrected chi connectivity index (χ0v) is 15.4. The first-order valence-corrected chi connectivity index (χ1v) is 9.05. The highest BCUT2D eigenvalue weighted by Gasteiger charge is 2.45. The van der Waals surface area contributed by atoms with Crippen LogP contribution in [-0.4, -0.2) is 70.7 Å². The molecule has 0 radical (unpaired) electrons. The van der Waals surface area contributed by atoms with Gasteiger partial charge in [0, 0.05) is 36.6 Å². The zero-order valence-electron chi connectivity index (χ0n) is 15.4. The normalized spacial score (nSPS) is 21.8.